The average molecular weight is 298 g/mol. The summed E-state index contributed by atoms with van der Waals surface area (Å²) in [5.74, 6) is -1.77. The van der Waals surface area contributed by atoms with Crippen LogP contribution in [-0.2, 0) is 10.0 Å². The first-order chi connectivity index (χ1) is 9.38. The van der Waals surface area contributed by atoms with E-state index in [1.807, 2.05) is 0 Å². The average Bonchev–Trinajstić information content (AvgIpc) is 2.75. The maximum Gasteiger partial charge on any atom is 0.256 e. The highest BCUT2D eigenvalue weighted by molar-refractivity contribution is 7.92. The molecule has 0 saturated heterocycles. The molecule has 0 unspecified atom stereocenters. The molecule has 20 heavy (non-hydrogen) atoms. The molecule has 0 saturated carbocycles. The topological polar surface area (TPSA) is 104 Å². The molecule has 0 fully saturated rings. The standard InChI is InChI=1S/C12H14N2O5S/c1-3-20(17,18)14(2)12-10(16)9(15)11(19-12)8-6-4-5-7-13-8/h4-7,15-16H,3H2,1-2H3. The van der Waals surface area contributed by atoms with Gasteiger partial charge in [-0.15, -0.1) is 0 Å². The lowest BCUT2D eigenvalue weighted by Gasteiger charge is -2.14. The Balaban J connectivity index is 2.54. The third kappa shape index (κ3) is 2.29. The van der Waals surface area contributed by atoms with E-state index in [0.29, 0.717) is 0 Å². The molecule has 2 heterocycles. The van der Waals surface area contributed by atoms with E-state index in [2.05, 4.69) is 4.98 Å². The third-order valence-corrected chi connectivity index (χ3v) is 4.54. The molecular weight excluding hydrogens is 284 g/mol. The molecule has 0 amide bonds. The van der Waals surface area contributed by atoms with Gasteiger partial charge in [0, 0.05) is 13.2 Å². The summed E-state index contributed by atoms with van der Waals surface area (Å²) in [6, 6.07) is 4.92. The van der Waals surface area contributed by atoms with Gasteiger partial charge in [-0.05, 0) is 19.1 Å². The summed E-state index contributed by atoms with van der Waals surface area (Å²) in [5.41, 5.74) is 0.286. The largest absolute Gasteiger partial charge is 0.501 e. The van der Waals surface area contributed by atoms with E-state index in [9.17, 15) is 18.6 Å². The van der Waals surface area contributed by atoms with Crippen LogP contribution in [0.1, 0.15) is 6.92 Å². The maximum absolute atomic E-state index is 11.8. The lowest BCUT2D eigenvalue weighted by Crippen LogP contribution is -2.27. The van der Waals surface area contributed by atoms with E-state index in [4.69, 9.17) is 4.42 Å². The van der Waals surface area contributed by atoms with E-state index < -0.39 is 21.5 Å². The molecule has 0 aliphatic carbocycles. The minimum Gasteiger partial charge on any atom is -0.501 e. The van der Waals surface area contributed by atoms with Crippen molar-refractivity contribution in [3.8, 4) is 23.0 Å². The monoisotopic (exact) mass is 298 g/mol. The Morgan fingerprint density at radius 1 is 1.30 bits per heavy atom. The second-order valence-electron chi connectivity index (χ2n) is 4.02. The molecule has 0 bridgehead atoms. The van der Waals surface area contributed by atoms with Gasteiger partial charge in [-0.2, -0.15) is 0 Å². The van der Waals surface area contributed by atoms with Crippen molar-refractivity contribution in [2.24, 2.45) is 0 Å². The van der Waals surface area contributed by atoms with Crippen LogP contribution in [0, 0.1) is 0 Å². The Kier molecular flexibility index (Phi) is 3.58. The predicted molar refractivity (Wildman–Crippen MR) is 73.1 cm³/mol. The highest BCUT2D eigenvalue weighted by Crippen LogP contribution is 2.46. The molecule has 0 aliphatic rings. The fraction of sp³-hybridized carbons (Fsp3) is 0.250. The van der Waals surface area contributed by atoms with E-state index >= 15 is 0 Å². The van der Waals surface area contributed by atoms with Gasteiger partial charge < -0.3 is 14.6 Å². The van der Waals surface area contributed by atoms with Gasteiger partial charge in [0.2, 0.25) is 27.3 Å². The molecular formula is C12H14N2O5S. The van der Waals surface area contributed by atoms with Gasteiger partial charge >= 0.3 is 0 Å². The Bertz CT molecular complexity index is 709. The molecule has 0 aliphatic heterocycles. The van der Waals surface area contributed by atoms with Crippen LogP contribution in [0.5, 0.6) is 11.5 Å². The summed E-state index contributed by atoms with van der Waals surface area (Å²) in [7, 11) is -2.38. The fourth-order valence-corrected chi connectivity index (χ4v) is 2.37. The molecule has 0 aromatic carbocycles. The van der Waals surface area contributed by atoms with E-state index in [-0.39, 0.29) is 23.1 Å². The number of furan rings is 1. The van der Waals surface area contributed by atoms with E-state index in [1.165, 1.54) is 20.2 Å². The minimum atomic E-state index is -3.61. The Labute approximate surface area is 116 Å². The molecule has 0 radical (unpaired) electrons. The third-order valence-electron chi connectivity index (χ3n) is 2.81. The van der Waals surface area contributed by atoms with Gasteiger partial charge in [-0.3, -0.25) is 4.98 Å². The van der Waals surface area contributed by atoms with Crippen molar-refractivity contribution < 1.29 is 23.0 Å². The maximum atomic E-state index is 11.8. The zero-order valence-electron chi connectivity index (χ0n) is 10.9. The normalized spacial score (nSPS) is 11.5. The van der Waals surface area contributed by atoms with Gasteiger partial charge in [0.05, 0.1) is 5.75 Å². The fourth-order valence-electron chi connectivity index (χ4n) is 1.61. The smallest absolute Gasteiger partial charge is 0.256 e. The van der Waals surface area contributed by atoms with Crippen molar-refractivity contribution >= 4 is 15.9 Å². The summed E-state index contributed by atoms with van der Waals surface area (Å²) >= 11 is 0. The summed E-state index contributed by atoms with van der Waals surface area (Å²) in [5, 5.41) is 19.7. The lowest BCUT2D eigenvalue weighted by atomic mass is 10.3. The number of hydrogen-bond donors (Lipinski definition) is 2. The van der Waals surface area contributed by atoms with Crippen molar-refractivity contribution in [3.05, 3.63) is 24.4 Å². The van der Waals surface area contributed by atoms with E-state index in [1.54, 1.807) is 18.2 Å². The van der Waals surface area contributed by atoms with Gasteiger partial charge in [-0.25, -0.2) is 12.7 Å². The van der Waals surface area contributed by atoms with Crippen LogP contribution < -0.4 is 4.31 Å². The van der Waals surface area contributed by atoms with Crippen molar-refractivity contribution in [3.63, 3.8) is 0 Å². The summed E-state index contributed by atoms with van der Waals surface area (Å²) < 4.78 is 29.6. The molecule has 0 spiro atoms. The van der Waals surface area contributed by atoms with Crippen molar-refractivity contribution in [2.45, 2.75) is 6.92 Å². The first-order valence-corrected chi connectivity index (χ1v) is 7.42. The van der Waals surface area contributed by atoms with Gasteiger partial charge in [0.15, 0.2) is 0 Å². The van der Waals surface area contributed by atoms with Crippen LogP contribution in [0.2, 0.25) is 0 Å². The van der Waals surface area contributed by atoms with Crippen LogP contribution in [0.3, 0.4) is 0 Å². The van der Waals surface area contributed by atoms with E-state index in [0.717, 1.165) is 4.31 Å². The second-order valence-corrected chi connectivity index (χ2v) is 6.31. The number of hydrogen-bond acceptors (Lipinski definition) is 6. The van der Waals surface area contributed by atoms with Gasteiger partial charge in [0.1, 0.15) is 5.69 Å². The van der Waals surface area contributed by atoms with Crippen molar-refractivity contribution in [1.82, 2.24) is 4.98 Å². The first kappa shape index (κ1) is 14.2. The summed E-state index contributed by atoms with van der Waals surface area (Å²) in [6.45, 7) is 1.46. The number of pyridine rings is 1. The zero-order valence-corrected chi connectivity index (χ0v) is 11.8. The van der Waals surface area contributed by atoms with Crippen LogP contribution in [0.4, 0.5) is 5.88 Å². The number of rotatable bonds is 4. The molecule has 2 N–H and O–H groups in total. The predicted octanol–water partition coefficient (Wildman–Crippen LogP) is 1.54. The van der Waals surface area contributed by atoms with Crippen LogP contribution in [0.15, 0.2) is 28.8 Å². The number of anilines is 1. The highest BCUT2D eigenvalue weighted by atomic mass is 32.2. The Morgan fingerprint density at radius 3 is 2.55 bits per heavy atom. The Hall–Kier alpha value is -2.22. The highest BCUT2D eigenvalue weighted by Gasteiger charge is 2.28. The SMILES string of the molecule is CCS(=O)(=O)N(C)c1oc(-c2ccccn2)c(O)c1O. The van der Waals surface area contributed by atoms with Crippen LogP contribution in [0.25, 0.3) is 11.5 Å². The molecule has 108 valence electrons. The molecule has 0 atom stereocenters. The van der Waals surface area contributed by atoms with Crippen LogP contribution in [-0.4, -0.2) is 36.4 Å². The first-order valence-electron chi connectivity index (χ1n) is 5.81. The van der Waals surface area contributed by atoms with Gasteiger partial charge in [-0.1, -0.05) is 6.07 Å². The number of aromatic hydroxyl groups is 2. The lowest BCUT2D eigenvalue weighted by molar-refractivity contribution is 0.409. The quantitative estimate of drug-likeness (QED) is 0.887. The number of sulfonamides is 1. The molecule has 2 aromatic heterocycles. The molecule has 2 aromatic rings. The molecule has 8 heteroatoms. The molecule has 2 rings (SSSR count). The minimum absolute atomic E-state index is 0.0868. The second kappa shape index (κ2) is 5.04. The van der Waals surface area contributed by atoms with Crippen LogP contribution >= 0.6 is 0 Å². The summed E-state index contributed by atoms with van der Waals surface area (Å²) in [4.78, 5) is 3.97. The summed E-state index contributed by atoms with van der Waals surface area (Å²) in [6.07, 6.45) is 1.49. The van der Waals surface area contributed by atoms with Crippen molar-refractivity contribution in [1.29, 1.82) is 0 Å². The number of nitrogens with zero attached hydrogens (tertiary/aromatic N) is 2. The Morgan fingerprint density at radius 2 is 2.00 bits per heavy atom. The van der Waals surface area contributed by atoms with Gasteiger partial charge in [0.25, 0.3) is 5.88 Å². The number of aromatic nitrogens is 1. The molecule has 7 nitrogen and oxygen atoms in total. The zero-order chi connectivity index (χ0) is 14.9. The van der Waals surface area contributed by atoms with Crippen molar-refractivity contribution in [2.75, 3.05) is 17.1 Å².